The molecule has 2 aliphatic rings. The van der Waals surface area contributed by atoms with E-state index in [1.807, 2.05) is 5.38 Å². The summed E-state index contributed by atoms with van der Waals surface area (Å²) in [6.07, 6.45) is 8.15. The zero-order chi connectivity index (χ0) is 15.5. The number of carbonyl (C=O) groups excluding carboxylic acids is 2. The van der Waals surface area contributed by atoms with Crippen LogP contribution in [0.15, 0.2) is 5.38 Å². The van der Waals surface area contributed by atoms with Crippen molar-refractivity contribution in [1.29, 1.82) is 0 Å². The van der Waals surface area contributed by atoms with Crippen LogP contribution in [0.4, 0.5) is 0 Å². The summed E-state index contributed by atoms with van der Waals surface area (Å²) in [6, 6.07) is 0.215. The molecule has 1 saturated carbocycles. The molecule has 0 radical (unpaired) electrons. The Kier molecular flexibility index (Phi) is 4.81. The van der Waals surface area contributed by atoms with Crippen molar-refractivity contribution in [3.8, 4) is 0 Å². The van der Waals surface area contributed by atoms with E-state index in [0.717, 1.165) is 44.1 Å². The van der Waals surface area contributed by atoms with Crippen LogP contribution in [-0.2, 0) is 17.6 Å². The molecule has 1 aromatic rings. The molecule has 1 fully saturated rings. The monoisotopic (exact) mass is 320 g/mol. The third-order valence-electron chi connectivity index (χ3n) is 4.99. The highest BCUT2D eigenvalue weighted by molar-refractivity contribution is 7.10. The number of hydrogen-bond acceptors (Lipinski definition) is 3. The summed E-state index contributed by atoms with van der Waals surface area (Å²) in [7, 11) is 1.69. The van der Waals surface area contributed by atoms with Gasteiger partial charge < -0.3 is 10.6 Å². The Morgan fingerprint density at radius 1 is 1.14 bits per heavy atom. The number of aryl methyl sites for hydroxylation is 1. The number of rotatable bonds is 3. The molecule has 2 N–H and O–H groups in total. The lowest BCUT2D eigenvalue weighted by molar-refractivity contribution is -0.125. The van der Waals surface area contributed by atoms with Crippen LogP contribution in [0.3, 0.4) is 0 Å². The van der Waals surface area contributed by atoms with E-state index >= 15 is 0 Å². The summed E-state index contributed by atoms with van der Waals surface area (Å²) in [5.41, 5.74) is 2.18. The number of fused-ring (bicyclic) bond motifs is 1. The van der Waals surface area contributed by atoms with Crippen molar-refractivity contribution < 1.29 is 9.59 Å². The summed E-state index contributed by atoms with van der Waals surface area (Å²) in [5.74, 6) is 0.339. The normalized spacial score (nSPS) is 24.4. The first-order valence-corrected chi connectivity index (χ1v) is 9.18. The van der Waals surface area contributed by atoms with Gasteiger partial charge in [-0.3, -0.25) is 9.59 Å². The summed E-state index contributed by atoms with van der Waals surface area (Å²) in [4.78, 5) is 25.6. The third kappa shape index (κ3) is 3.19. The van der Waals surface area contributed by atoms with E-state index in [4.69, 9.17) is 0 Å². The van der Waals surface area contributed by atoms with Crippen LogP contribution in [0, 0.1) is 5.92 Å². The van der Waals surface area contributed by atoms with Gasteiger partial charge in [-0.25, -0.2) is 0 Å². The first-order valence-electron chi connectivity index (χ1n) is 8.30. The van der Waals surface area contributed by atoms with Gasteiger partial charge in [-0.2, -0.15) is 0 Å². The second kappa shape index (κ2) is 6.82. The topological polar surface area (TPSA) is 58.2 Å². The SMILES string of the molecule is CNC(=O)C1CCC(NC(=O)c2csc3c2CCCC3)CC1. The molecule has 22 heavy (non-hydrogen) atoms. The smallest absolute Gasteiger partial charge is 0.252 e. The minimum Gasteiger partial charge on any atom is -0.359 e. The predicted octanol–water partition coefficient (Wildman–Crippen LogP) is 2.66. The molecule has 5 heteroatoms. The van der Waals surface area contributed by atoms with Crippen molar-refractivity contribution in [2.24, 2.45) is 5.92 Å². The molecule has 1 heterocycles. The first-order chi connectivity index (χ1) is 10.7. The Morgan fingerprint density at radius 2 is 1.86 bits per heavy atom. The fourth-order valence-electron chi connectivity index (χ4n) is 3.65. The highest BCUT2D eigenvalue weighted by Crippen LogP contribution is 2.31. The van der Waals surface area contributed by atoms with Crippen molar-refractivity contribution in [1.82, 2.24) is 10.6 Å². The molecule has 120 valence electrons. The van der Waals surface area contributed by atoms with E-state index in [0.29, 0.717) is 0 Å². The molecule has 2 aliphatic carbocycles. The third-order valence-corrected chi connectivity index (χ3v) is 6.07. The van der Waals surface area contributed by atoms with Crippen molar-refractivity contribution in [2.75, 3.05) is 7.05 Å². The van der Waals surface area contributed by atoms with Crippen molar-refractivity contribution >= 4 is 23.2 Å². The Balaban J connectivity index is 1.57. The van der Waals surface area contributed by atoms with Crippen LogP contribution < -0.4 is 10.6 Å². The highest BCUT2D eigenvalue weighted by Gasteiger charge is 2.28. The molecule has 3 rings (SSSR count). The largest absolute Gasteiger partial charge is 0.359 e. The lowest BCUT2D eigenvalue weighted by atomic mass is 9.85. The van der Waals surface area contributed by atoms with Gasteiger partial charge in [0.25, 0.3) is 5.91 Å². The van der Waals surface area contributed by atoms with Gasteiger partial charge in [0.1, 0.15) is 0 Å². The van der Waals surface area contributed by atoms with E-state index in [9.17, 15) is 9.59 Å². The molecule has 0 unspecified atom stereocenters. The van der Waals surface area contributed by atoms with Crippen molar-refractivity contribution in [3.63, 3.8) is 0 Å². The molecule has 0 saturated heterocycles. The van der Waals surface area contributed by atoms with E-state index in [2.05, 4.69) is 10.6 Å². The van der Waals surface area contributed by atoms with Crippen molar-refractivity contribution in [3.05, 3.63) is 21.4 Å². The standard InChI is InChI=1S/C17H24N2O2S/c1-18-16(20)11-6-8-12(9-7-11)19-17(21)14-10-22-15-5-3-2-4-13(14)15/h10-12H,2-9H2,1H3,(H,18,20)(H,19,21). The Morgan fingerprint density at radius 3 is 2.59 bits per heavy atom. The van der Waals surface area contributed by atoms with Gasteiger partial charge in [0.15, 0.2) is 0 Å². The van der Waals surface area contributed by atoms with Gasteiger partial charge in [0.2, 0.25) is 5.91 Å². The molecule has 2 amide bonds. The van der Waals surface area contributed by atoms with E-state index in [1.54, 1.807) is 18.4 Å². The van der Waals surface area contributed by atoms with Crippen LogP contribution in [0.25, 0.3) is 0 Å². The van der Waals surface area contributed by atoms with Gasteiger partial charge in [-0.15, -0.1) is 11.3 Å². The second-order valence-corrected chi connectivity index (χ2v) is 7.36. The molecule has 0 bridgehead atoms. The van der Waals surface area contributed by atoms with Gasteiger partial charge in [0, 0.05) is 29.3 Å². The Labute approximate surface area is 135 Å². The average molecular weight is 320 g/mol. The predicted molar refractivity (Wildman–Crippen MR) is 88.2 cm³/mol. The molecule has 0 spiro atoms. The molecule has 0 aliphatic heterocycles. The van der Waals surface area contributed by atoms with Gasteiger partial charge >= 0.3 is 0 Å². The number of thiophene rings is 1. The summed E-state index contributed by atoms with van der Waals surface area (Å²) in [6.45, 7) is 0. The van der Waals surface area contributed by atoms with Crippen LogP contribution in [0.2, 0.25) is 0 Å². The zero-order valence-electron chi connectivity index (χ0n) is 13.1. The van der Waals surface area contributed by atoms with E-state index < -0.39 is 0 Å². The molecule has 0 aromatic carbocycles. The lowest BCUT2D eigenvalue weighted by Crippen LogP contribution is -2.40. The van der Waals surface area contributed by atoms with Crippen LogP contribution in [0.5, 0.6) is 0 Å². The minimum absolute atomic E-state index is 0.0859. The average Bonchev–Trinajstić information content (AvgIpc) is 2.99. The Bertz CT molecular complexity index is 559. The summed E-state index contributed by atoms with van der Waals surface area (Å²) >= 11 is 1.74. The maximum Gasteiger partial charge on any atom is 0.252 e. The van der Waals surface area contributed by atoms with E-state index in [-0.39, 0.29) is 23.8 Å². The van der Waals surface area contributed by atoms with Crippen molar-refractivity contribution in [2.45, 2.75) is 57.4 Å². The molecule has 1 aromatic heterocycles. The molecule has 0 atom stereocenters. The maximum absolute atomic E-state index is 12.5. The quantitative estimate of drug-likeness (QED) is 0.899. The Hall–Kier alpha value is -1.36. The van der Waals surface area contributed by atoms with Gasteiger partial charge in [-0.1, -0.05) is 0 Å². The number of hydrogen-bond donors (Lipinski definition) is 2. The minimum atomic E-state index is 0.0859. The van der Waals surface area contributed by atoms with Gasteiger partial charge in [0.05, 0.1) is 5.56 Å². The highest BCUT2D eigenvalue weighted by atomic mass is 32.1. The number of carbonyl (C=O) groups is 2. The molecular formula is C17H24N2O2S. The number of nitrogens with one attached hydrogen (secondary N) is 2. The fourth-order valence-corrected chi connectivity index (χ4v) is 4.78. The van der Waals surface area contributed by atoms with E-state index in [1.165, 1.54) is 23.3 Å². The zero-order valence-corrected chi connectivity index (χ0v) is 13.9. The molecular weight excluding hydrogens is 296 g/mol. The summed E-state index contributed by atoms with van der Waals surface area (Å²) < 4.78 is 0. The second-order valence-electron chi connectivity index (χ2n) is 6.39. The van der Waals surface area contributed by atoms with Crippen LogP contribution in [0.1, 0.15) is 59.3 Å². The maximum atomic E-state index is 12.5. The van der Waals surface area contributed by atoms with Gasteiger partial charge in [-0.05, 0) is 56.9 Å². The summed E-state index contributed by atoms with van der Waals surface area (Å²) in [5, 5.41) is 7.94. The number of amides is 2. The molecule has 4 nitrogen and oxygen atoms in total. The van der Waals surface area contributed by atoms with Crippen LogP contribution >= 0.6 is 11.3 Å². The lowest BCUT2D eigenvalue weighted by Gasteiger charge is -2.28. The fraction of sp³-hybridized carbons (Fsp3) is 0.647. The first kappa shape index (κ1) is 15.5. The van der Waals surface area contributed by atoms with Crippen LogP contribution in [-0.4, -0.2) is 24.9 Å².